The second kappa shape index (κ2) is 14.4. The number of benzene rings is 10. The van der Waals surface area contributed by atoms with E-state index in [4.69, 9.17) is 0 Å². The smallest absolute Gasteiger partial charge is 0.0465 e. The Balaban J connectivity index is 1.04. The first kappa shape index (κ1) is 35.7. The lowest BCUT2D eigenvalue weighted by Crippen LogP contribution is -2.16. The van der Waals surface area contributed by atoms with E-state index in [1.165, 1.54) is 88.3 Å². The zero-order valence-electron chi connectivity index (χ0n) is 33.8. The van der Waals surface area contributed by atoms with Crippen LogP contribution in [0.3, 0.4) is 0 Å². The average molecular weight is 766 g/mol. The molecule has 0 fully saturated rings. The van der Waals surface area contributed by atoms with Crippen LogP contribution in [0.15, 0.2) is 224 Å². The molecule has 0 saturated heterocycles. The standard InChI is InChI=1S/C59H43N/c1-59(2)56-23-13-22-52(43-17-7-4-8-18-43)58(56)53-35-34-51(39-57(53)59)60(49-30-26-42(27-31-49)40-14-5-3-6-15-40)50-32-28-44(29-33-50)54-37-46-20-11-12-21-47(46)38-55(54)48-25-24-41-16-9-10-19-45(41)36-48/h3-39H,1-2H3. The van der Waals surface area contributed by atoms with Crippen molar-refractivity contribution in [3.8, 4) is 55.6 Å². The predicted octanol–water partition coefficient (Wildman–Crippen LogP) is 16.4. The molecular weight excluding hydrogens is 723 g/mol. The number of anilines is 3. The Morgan fingerprint density at radius 1 is 0.283 bits per heavy atom. The summed E-state index contributed by atoms with van der Waals surface area (Å²) < 4.78 is 0. The van der Waals surface area contributed by atoms with Crippen molar-refractivity contribution in [1.82, 2.24) is 0 Å². The first-order valence-electron chi connectivity index (χ1n) is 20.9. The first-order chi connectivity index (χ1) is 29.5. The van der Waals surface area contributed by atoms with Gasteiger partial charge in [-0.2, -0.15) is 0 Å². The van der Waals surface area contributed by atoms with Crippen molar-refractivity contribution in [2.75, 3.05) is 4.90 Å². The van der Waals surface area contributed by atoms with Gasteiger partial charge < -0.3 is 4.90 Å². The molecule has 60 heavy (non-hydrogen) atoms. The molecule has 0 amide bonds. The molecule has 0 N–H and O–H groups in total. The lowest BCUT2D eigenvalue weighted by Gasteiger charge is -2.28. The van der Waals surface area contributed by atoms with Crippen LogP contribution < -0.4 is 4.90 Å². The van der Waals surface area contributed by atoms with E-state index in [0.29, 0.717) is 0 Å². The molecule has 284 valence electrons. The highest BCUT2D eigenvalue weighted by atomic mass is 15.1. The van der Waals surface area contributed by atoms with Gasteiger partial charge in [-0.1, -0.05) is 184 Å². The average Bonchev–Trinajstić information content (AvgIpc) is 3.54. The summed E-state index contributed by atoms with van der Waals surface area (Å²) in [6, 6.07) is 82.4. The molecule has 11 rings (SSSR count). The van der Waals surface area contributed by atoms with Gasteiger partial charge in [0.1, 0.15) is 0 Å². The highest BCUT2D eigenvalue weighted by molar-refractivity contribution is 5.99. The Labute approximate surface area is 352 Å². The van der Waals surface area contributed by atoms with E-state index >= 15 is 0 Å². The highest BCUT2D eigenvalue weighted by Gasteiger charge is 2.37. The Bertz CT molecular complexity index is 3200. The molecule has 0 aliphatic heterocycles. The van der Waals surface area contributed by atoms with Crippen LogP contribution in [0.1, 0.15) is 25.0 Å². The fraction of sp³-hybridized carbons (Fsp3) is 0.0508. The Morgan fingerprint density at radius 3 is 1.42 bits per heavy atom. The number of rotatable bonds is 7. The number of hydrogen-bond donors (Lipinski definition) is 0. The lowest BCUT2D eigenvalue weighted by atomic mass is 9.81. The van der Waals surface area contributed by atoms with E-state index in [1.54, 1.807) is 0 Å². The Hall–Kier alpha value is -7.48. The van der Waals surface area contributed by atoms with Gasteiger partial charge in [-0.15, -0.1) is 0 Å². The van der Waals surface area contributed by atoms with Gasteiger partial charge >= 0.3 is 0 Å². The summed E-state index contributed by atoms with van der Waals surface area (Å²) in [4.78, 5) is 2.42. The van der Waals surface area contributed by atoms with Crippen molar-refractivity contribution < 1.29 is 0 Å². The zero-order valence-corrected chi connectivity index (χ0v) is 33.8. The minimum atomic E-state index is -0.173. The molecule has 1 heteroatoms. The number of fused-ring (bicyclic) bond motifs is 5. The third-order valence-corrected chi connectivity index (χ3v) is 12.6. The maximum Gasteiger partial charge on any atom is 0.0465 e. The minimum absolute atomic E-state index is 0.173. The van der Waals surface area contributed by atoms with E-state index in [-0.39, 0.29) is 5.41 Å². The third kappa shape index (κ3) is 6.10. The molecule has 1 aliphatic rings. The second-order valence-electron chi connectivity index (χ2n) is 16.6. The van der Waals surface area contributed by atoms with Crippen LogP contribution in [0.25, 0.3) is 77.2 Å². The lowest BCUT2D eigenvalue weighted by molar-refractivity contribution is 0.660. The molecule has 0 spiro atoms. The van der Waals surface area contributed by atoms with Crippen LogP contribution in [-0.2, 0) is 5.41 Å². The van der Waals surface area contributed by atoms with Crippen LogP contribution >= 0.6 is 0 Å². The normalized spacial score (nSPS) is 12.6. The molecular formula is C59H43N. The summed E-state index contributed by atoms with van der Waals surface area (Å²) in [6.45, 7) is 4.75. The fourth-order valence-corrected chi connectivity index (χ4v) is 9.52. The molecule has 0 saturated carbocycles. The van der Waals surface area contributed by atoms with Gasteiger partial charge in [-0.25, -0.2) is 0 Å². The highest BCUT2D eigenvalue weighted by Crippen LogP contribution is 2.54. The molecule has 0 atom stereocenters. The maximum atomic E-state index is 2.43. The predicted molar refractivity (Wildman–Crippen MR) is 255 cm³/mol. The van der Waals surface area contributed by atoms with Crippen LogP contribution in [0.5, 0.6) is 0 Å². The van der Waals surface area contributed by atoms with E-state index < -0.39 is 0 Å². The van der Waals surface area contributed by atoms with Crippen LogP contribution in [0, 0.1) is 0 Å². The molecule has 0 bridgehead atoms. The third-order valence-electron chi connectivity index (χ3n) is 12.6. The molecule has 0 aromatic heterocycles. The van der Waals surface area contributed by atoms with E-state index in [9.17, 15) is 0 Å². The molecule has 10 aromatic carbocycles. The van der Waals surface area contributed by atoms with Crippen molar-refractivity contribution in [2.45, 2.75) is 19.3 Å². The molecule has 0 radical (unpaired) electrons. The zero-order chi connectivity index (χ0) is 40.2. The molecule has 1 nitrogen and oxygen atoms in total. The van der Waals surface area contributed by atoms with Gasteiger partial charge in [0.15, 0.2) is 0 Å². The monoisotopic (exact) mass is 765 g/mol. The summed E-state index contributed by atoms with van der Waals surface area (Å²) >= 11 is 0. The quantitative estimate of drug-likeness (QED) is 0.156. The van der Waals surface area contributed by atoms with E-state index in [0.717, 1.165) is 17.1 Å². The van der Waals surface area contributed by atoms with Crippen molar-refractivity contribution in [1.29, 1.82) is 0 Å². The first-order valence-corrected chi connectivity index (χ1v) is 20.9. The Morgan fingerprint density at radius 2 is 0.767 bits per heavy atom. The Kier molecular flexibility index (Phi) is 8.57. The van der Waals surface area contributed by atoms with Crippen molar-refractivity contribution in [2.24, 2.45) is 0 Å². The number of hydrogen-bond acceptors (Lipinski definition) is 1. The summed E-state index contributed by atoms with van der Waals surface area (Å²) in [7, 11) is 0. The molecule has 10 aromatic rings. The van der Waals surface area contributed by atoms with Crippen LogP contribution in [0.2, 0.25) is 0 Å². The van der Waals surface area contributed by atoms with E-state index in [1.807, 2.05) is 0 Å². The summed E-state index contributed by atoms with van der Waals surface area (Å²) in [5.41, 5.74) is 18.4. The second-order valence-corrected chi connectivity index (χ2v) is 16.6. The van der Waals surface area contributed by atoms with Gasteiger partial charge in [-0.05, 0) is 143 Å². The summed E-state index contributed by atoms with van der Waals surface area (Å²) in [5.74, 6) is 0. The number of nitrogens with zero attached hydrogens (tertiary/aromatic N) is 1. The topological polar surface area (TPSA) is 3.24 Å². The summed E-state index contributed by atoms with van der Waals surface area (Å²) in [6.07, 6.45) is 0. The maximum absolute atomic E-state index is 2.43. The van der Waals surface area contributed by atoms with Gasteiger partial charge in [-0.3, -0.25) is 0 Å². The van der Waals surface area contributed by atoms with Gasteiger partial charge in [0, 0.05) is 22.5 Å². The molecule has 0 unspecified atom stereocenters. The largest absolute Gasteiger partial charge is 0.310 e. The van der Waals surface area contributed by atoms with Crippen LogP contribution in [-0.4, -0.2) is 0 Å². The summed E-state index contributed by atoms with van der Waals surface area (Å²) in [5, 5.41) is 4.97. The van der Waals surface area contributed by atoms with Gasteiger partial charge in [0.05, 0.1) is 0 Å². The fourth-order valence-electron chi connectivity index (χ4n) is 9.52. The minimum Gasteiger partial charge on any atom is -0.310 e. The molecule has 1 aliphatic carbocycles. The van der Waals surface area contributed by atoms with Crippen LogP contribution in [0.4, 0.5) is 17.1 Å². The van der Waals surface area contributed by atoms with Crippen molar-refractivity contribution in [3.05, 3.63) is 236 Å². The molecule has 0 heterocycles. The van der Waals surface area contributed by atoms with E-state index in [2.05, 4.69) is 243 Å². The van der Waals surface area contributed by atoms with Crippen molar-refractivity contribution in [3.63, 3.8) is 0 Å². The van der Waals surface area contributed by atoms with Gasteiger partial charge in [0.25, 0.3) is 0 Å². The van der Waals surface area contributed by atoms with Crippen molar-refractivity contribution >= 4 is 38.6 Å². The van der Waals surface area contributed by atoms with Gasteiger partial charge in [0.2, 0.25) is 0 Å². The SMILES string of the molecule is CC1(C)c2cc(N(c3ccc(-c4ccccc4)cc3)c3ccc(-c4cc5ccccc5cc4-c4ccc5ccccc5c4)cc3)ccc2-c2c(-c3ccccc3)cccc21.